The summed E-state index contributed by atoms with van der Waals surface area (Å²) in [6, 6.07) is -0.277. The lowest BCUT2D eigenvalue weighted by molar-refractivity contribution is -0.157. The highest BCUT2D eigenvalue weighted by atomic mass is 19.4. The summed E-state index contributed by atoms with van der Waals surface area (Å²) in [4.78, 5) is 26.7. The second-order valence-corrected chi connectivity index (χ2v) is 6.24. The van der Waals surface area contributed by atoms with Gasteiger partial charge in [0.2, 0.25) is 11.8 Å². The molecule has 2 heterocycles. The molecule has 0 saturated carbocycles. The van der Waals surface area contributed by atoms with Crippen LogP contribution in [0.3, 0.4) is 0 Å². The summed E-state index contributed by atoms with van der Waals surface area (Å²) in [5.74, 6) is -1.53. The smallest absolute Gasteiger partial charge is 0.338 e. The number of hydrogen-bond acceptors (Lipinski definition) is 3. The summed E-state index contributed by atoms with van der Waals surface area (Å²) < 4.78 is 37.3. The minimum absolute atomic E-state index is 0.0898. The summed E-state index contributed by atoms with van der Waals surface area (Å²) in [6.45, 7) is 0.951. The van der Waals surface area contributed by atoms with E-state index in [4.69, 9.17) is 5.73 Å². The van der Waals surface area contributed by atoms with Crippen molar-refractivity contribution in [3.63, 3.8) is 0 Å². The first kappa shape index (κ1) is 17.1. The molecule has 0 unspecified atom stereocenters. The highest BCUT2D eigenvalue weighted by Crippen LogP contribution is 2.28. The summed E-state index contributed by atoms with van der Waals surface area (Å²) in [6.07, 6.45) is -1.93. The standard InChI is InChI=1S/C14H22F3N3O2/c1-9(18)11-4-2-3-5-20(11)13(22)10-6-12(21)19(7-10)8-14(15,16)17/h9-11H,2-8,18H2,1H3/t9-,10-,11-/m0/s1. The molecule has 2 aliphatic heterocycles. The third-order valence-electron chi connectivity index (χ3n) is 4.37. The molecule has 126 valence electrons. The second-order valence-electron chi connectivity index (χ2n) is 6.24. The van der Waals surface area contributed by atoms with Gasteiger partial charge in [-0.15, -0.1) is 0 Å². The van der Waals surface area contributed by atoms with Crippen LogP contribution in [0.4, 0.5) is 13.2 Å². The topological polar surface area (TPSA) is 66.6 Å². The molecule has 0 radical (unpaired) electrons. The molecule has 2 saturated heterocycles. The molecule has 2 fully saturated rings. The van der Waals surface area contributed by atoms with Gasteiger partial charge in [-0.25, -0.2) is 0 Å². The monoisotopic (exact) mass is 321 g/mol. The predicted octanol–water partition coefficient (Wildman–Crippen LogP) is 1.13. The van der Waals surface area contributed by atoms with E-state index in [1.165, 1.54) is 0 Å². The highest BCUT2D eigenvalue weighted by Gasteiger charge is 2.43. The van der Waals surface area contributed by atoms with Crippen molar-refractivity contribution in [2.75, 3.05) is 19.6 Å². The molecule has 5 nitrogen and oxygen atoms in total. The van der Waals surface area contributed by atoms with E-state index in [1.54, 1.807) is 4.90 Å². The van der Waals surface area contributed by atoms with Gasteiger partial charge in [0, 0.05) is 31.6 Å². The average Bonchev–Trinajstić information content (AvgIpc) is 2.77. The largest absolute Gasteiger partial charge is 0.406 e. The van der Waals surface area contributed by atoms with Crippen LogP contribution in [0.2, 0.25) is 0 Å². The first-order chi connectivity index (χ1) is 10.2. The number of carbonyl (C=O) groups is 2. The van der Waals surface area contributed by atoms with Crippen LogP contribution in [-0.2, 0) is 9.59 Å². The molecular formula is C14H22F3N3O2. The van der Waals surface area contributed by atoms with E-state index in [2.05, 4.69) is 0 Å². The van der Waals surface area contributed by atoms with Crippen molar-refractivity contribution in [3.8, 4) is 0 Å². The molecular weight excluding hydrogens is 299 g/mol. The number of alkyl halides is 3. The second kappa shape index (κ2) is 6.44. The molecule has 0 aromatic rings. The Hall–Kier alpha value is -1.31. The SMILES string of the molecule is C[C@H](N)[C@@H]1CCCCN1C(=O)[C@H]1CC(=O)N(CC(F)(F)F)C1. The highest BCUT2D eigenvalue weighted by molar-refractivity contribution is 5.89. The average molecular weight is 321 g/mol. The van der Waals surface area contributed by atoms with Crippen LogP contribution in [0.25, 0.3) is 0 Å². The zero-order valence-corrected chi connectivity index (χ0v) is 12.6. The van der Waals surface area contributed by atoms with Crippen LogP contribution >= 0.6 is 0 Å². The number of carbonyl (C=O) groups excluding carboxylic acids is 2. The minimum Gasteiger partial charge on any atom is -0.338 e. The van der Waals surface area contributed by atoms with Crippen LogP contribution in [0.5, 0.6) is 0 Å². The van der Waals surface area contributed by atoms with Crippen molar-refractivity contribution in [1.82, 2.24) is 9.80 Å². The molecule has 0 aromatic carbocycles. The molecule has 2 N–H and O–H groups in total. The quantitative estimate of drug-likeness (QED) is 0.847. The van der Waals surface area contributed by atoms with Crippen molar-refractivity contribution in [3.05, 3.63) is 0 Å². The Kier molecular flexibility index (Phi) is 4.99. The summed E-state index contributed by atoms with van der Waals surface area (Å²) in [5, 5.41) is 0. The molecule has 8 heteroatoms. The van der Waals surface area contributed by atoms with Gasteiger partial charge in [0.25, 0.3) is 0 Å². The van der Waals surface area contributed by atoms with Crippen molar-refractivity contribution < 1.29 is 22.8 Å². The van der Waals surface area contributed by atoms with Crippen LogP contribution in [0.15, 0.2) is 0 Å². The van der Waals surface area contributed by atoms with Crippen molar-refractivity contribution in [1.29, 1.82) is 0 Å². The third kappa shape index (κ3) is 3.91. The fourth-order valence-corrected chi connectivity index (χ4v) is 3.32. The first-order valence-electron chi connectivity index (χ1n) is 7.59. The van der Waals surface area contributed by atoms with E-state index < -0.39 is 24.5 Å². The van der Waals surface area contributed by atoms with Crippen LogP contribution in [0, 0.1) is 5.92 Å². The third-order valence-corrected chi connectivity index (χ3v) is 4.37. The molecule has 2 rings (SSSR count). The van der Waals surface area contributed by atoms with Gasteiger partial charge in [-0.05, 0) is 26.2 Å². The molecule has 0 bridgehead atoms. The van der Waals surface area contributed by atoms with E-state index >= 15 is 0 Å². The van der Waals surface area contributed by atoms with Crippen LogP contribution in [-0.4, -0.2) is 59.5 Å². The Morgan fingerprint density at radius 3 is 2.68 bits per heavy atom. The van der Waals surface area contributed by atoms with Gasteiger partial charge in [-0.3, -0.25) is 9.59 Å². The number of hydrogen-bond donors (Lipinski definition) is 1. The normalized spacial score (nSPS) is 28.1. The fraction of sp³-hybridized carbons (Fsp3) is 0.857. The maximum atomic E-state index is 12.6. The van der Waals surface area contributed by atoms with Gasteiger partial charge in [0.15, 0.2) is 0 Å². The van der Waals surface area contributed by atoms with Crippen molar-refractivity contribution >= 4 is 11.8 Å². The van der Waals surface area contributed by atoms with Gasteiger partial charge in [-0.1, -0.05) is 0 Å². The fourth-order valence-electron chi connectivity index (χ4n) is 3.32. The molecule has 0 aromatic heterocycles. The van der Waals surface area contributed by atoms with E-state index in [0.29, 0.717) is 6.54 Å². The Balaban J connectivity index is 2.02. The number of piperidine rings is 1. The molecule has 3 atom stereocenters. The lowest BCUT2D eigenvalue weighted by Crippen LogP contribution is -2.53. The Morgan fingerprint density at radius 2 is 2.09 bits per heavy atom. The lowest BCUT2D eigenvalue weighted by Gasteiger charge is -2.39. The summed E-state index contributed by atoms with van der Waals surface area (Å²) in [5.41, 5.74) is 5.91. The molecule has 0 spiro atoms. The number of likely N-dealkylation sites (tertiary alicyclic amines) is 2. The van der Waals surface area contributed by atoms with Gasteiger partial charge in [0.05, 0.1) is 5.92 Å². The summed E-state index contributed by atoms with van der Waals surface area (Å²) >= 11 is 0. The van der Waals surface area contributed by atoms with Gasteiger partial charge in [-0.2, -0.15) is 13.2 Å². The van der Waals surface area contributed by atoms with E-state index in [0.717, 1.165) is 24.2 Å². The zero-order valence-electron chi connectivity index (χ0n) is 12.6. The minimum atomic E-state index is -4.44. The number of halogens is 3. The first-order valence-corrected chi connectivity index (χ1v) is 7.59. The predicted molar refractivity (Wildman–Crippen MR) is 73.7 cm³/mol. The maximum absolute atomic E-state index is 12.6. The Labute approximate surface area is 127 Å². The molecule has 22 heavy (non-hydrogen) atoms. The van der Waals surface area contributed by atoms with E-state index in [9.17, 15) is 22.8 Å². The number of rotatable bonds is 3. The van der Waals surface area contributed by atoms with Crippen molar-refractivity contribution in [2.45, 2.75) is 50.9 Å². The van der Waals surface area contributed by atoms with E-state index in [1.807, 2.05) is 6.92 Å². The lowest BCUT2D eigenvalue weighted by atomic mass is 9.94. The molecule has 0 aliphatic carbocycles. The number of nitrogens with two attached hydrogens (primary N) is 1. The summed E-state index contributed by atoms with van der Waals surface area (Å²) in [7, 11) is 0. The maximum Gasteiger partial charge on any atom is 0.406 e. The molecule has 2 amide bonds. The van der Waals surface area contributed by atoms with Crippen LogP contribution in [0.1, 0.15) is 32.6 Å². The van der Waals surface area contributed by atoms with Crippen molar-refractivity contribution in [2.24, 2.45) is 11.7 Å². The van der Waals surface area contributed by atoms with Gasteiger partial charge < -0.3 is 15.5 Å². The number of nitrogens with zero attached hydrogens (tertiary/aromatic N) is 2. The van der Waals surface area contributed by atoms with E-state index in [-0.39, 0.29) is 31.0 Å². The van der Waals surface area contributed by atoms with Crippen LogP contribution < -0.4 is 5.73 Å². The number of amides is 2. The van der Waals surface area contributed by atoms with Gasteiger partial charge >= 0.3 is 6.18 Å². The molecule has 2 aliphatic rings. The van der Waals surface area contributed by atoms with Gasteiger partial charge in [0.1, 0.15) is 6.54 Å². The Bertz CT molecular complexity index is 440. The zero-order chi connectivity index (χ0) is 16.5. The Morgan fingerprint density at radius 1 is 1.41 bits per heavy atom.